The molecule has 110 valence electrons. The van der Waals surface area contributed by atoms with Gasteiger partial charge in [0.2, 0.25) is 0 Å². The van der Waals surface area contributed by atoms with Crippen molar-refractivity contribution in [2.45, 2.75) is 51.6 Å². The second-order valence-electron chi connectivity index (χ2n) is 5.80. The van der Waals surface area contributed by atoms with Crippen LogP contribution in [0.25, 0.3) is 0 Å². The summed E-state index contributed by atoms with van der Waals surface area (Å²) in [7, 11) is 0. The molecule has 5 heteroatoms. The van der Waals surface area contributed by atoms with Crippen molar-refractivity contribution < 1.29 is 4.79 Å². The minimum atomic E-state index is 0.139. The topological polar surface area (TPSA) is 36.4 Å². The Morgan fingerprint density at radius 1 is 1.35 bits per heavy atom. The number of likely N-dealkylation sites (tertiary alicyclic amines) is 2. The molecule has 0 aromatic carbocycles. The van der Waals surface area contributed by atoms with E-state index in [1.165, 1.54) is 19.4 Å². The lowest BCUT2D eigenvalue weighted by Gasteiger charge is -2.34. The fraction of sp³-hybridized carbons (Fsp3) is 0.733. The Hall–Kier alpha value is -0.940. The lowest BCUT2D eigenvalue weighted by Crippen LogP contribution is -2.48. The van der Waals surface area contributed by atoms with Gasteiger partial charge in [0.05, 0.1) is 5.01 Å². The van der Waals surface area contributed by atoms with Gasteiger partial charge in [-0.1, -0.05) is 6.92 Å². The van der Waals surface area contributed by atoms with E-state index in [0.29, 0.717) is 17.8 Å². The predicted octanol–water partition coefficient (Wildman–Crippen LogP) is 2.54. The summed E-state index contributed by atoms with van der Waals surface area (Å²) in [6.45, 7) is 7.37. The summed E-state index contributed by atoms with van der Waals surface area (Å²) in [6, 6.07) is 0.957. The zero-order valence-corrected chi connectivity index (χ0v) is 13.2. The lowest BCUT2D eigenvalue weighted by atomic mass is 10.0. The molecule has 1 aromatic rings. The molecule has 2 saturated heterocycles. The molecule has 0 spiro atoms. The molecule has 0 bridgehead atoms. The highest BCUT2D eigenvalue weighted by molar-refractivity contribution is 7.09. The monoisotopic (exact) mass is 293 g/mol. The standard InChI is InChI=1S/C15H23N3OS/c1-3-17-8-4-6-13(17)14-7-5-9-18(14)15(19)12-10-20-11(2)16-12/h10,13-14H,3-9H2,1-2H3/t13-,14-/m0/s1. The molecule has 2 fully saturated rings. The van der Waals surface area contributed by atoms with Crippen LogP contribution in [0, 0.1) is 6.92 Å². The maximum absolute atomic E-state index is 12.7. The van der Waals surface area contributed by atoms with E-state index >= 15 is 0 Å². The number of likely N-dealkylation sites (N-methyl/N-ethyl adjacent to an activating group) is 1. The quantitative estimate of drug-likeness (QED) is 0.859. The molecular weight excluding hydrogens is 270 g/mol. The van der Waals surface area contributed by atoms with E-state index in [1.807, 2.05) is 12.3 Å². The van der Waals surface area contributed by atoms with Gasteiger partial charge in [0.15, 0.2) is 0 Å². The number of nitrogens with zero attached hydrogens (tertiary/aromatic N) is 3. The van der Waals surface area contributed by atoms with Gasteiger partial charge in [-0.25, -0.2) is 4.98 Å². The number of carbonyl (C=O) groups excluding carboxylic acids is 1. The zero-order chi connectivity index (χ0) is 14.1. The van der Waals surface area contributed by atoms with E-state index in [2.05, 4.69) is 21.7 Å². The third-order valence-electron chi connectivity index (χ3n) is 4.66. The molecule has 0 saturated carbocycles. The van der Waals surface area contributed by atoms with Gasteiger partial charge >= 0.3 is 0 Å². The van der Waals surface area contributed by atoms with Crippen molar-refractivity contribution in [1.82, 2.24) is 14.8 Å². The van der Waals surface area contributed by atoms with Crippen LogP contribution in [0.5, 0.6) is 0 Å². The number of carbonyl (C=O) groups is 1. The Morgan fingerprint density at radius 2 is 2.10 bits per heavy atom. The summed E-state index contributed by atoms with van der Waals surface area (Å²) < 4.78 is 0. The minimum absolute atomic E-state index is 0.139. The van der Waals surface area contributed by atoms with E-state index in [0.717, 1.165) is 30.9 Å². The van der Waals surface area contributed by atoms with Crippen molar-refractivity contribution >= 4 is 17.2 Å². The predicted molar refractivity (Wildman–Crippen MR) is 81.2 cm³/mol. The second kappa shape index (κ2) is 5.82. The van der Waals surface area contributed by atoms with Crippen molar-refractivity contribution in [2.75, 3.05) is 19.6 Å². The minimum Gasteiger partial charge on any atom is -0.333 e. The van der Waals surface area contributed by atoms with Gasteiger partial charge in [-0.2, -0.15) is 0 Å². The van der Waals surface area contributed by atoms with Gasteiger partial charge in [-0.3, -0.25) is 9.69 Å². The van der Waals surface area contributed by atoms with Gasteiger partial charge in [0.1, 0.15) is 5.69 Å². The van der Waals surface area contributed by atoms with Crippen LogP contribution in [-0.2, 0) is 0 Å². The highest BCUT2D eigenvalue weighted by Crippen LogP contribution is 2.30. The number of rotatable bonds is 3. The molecule has 2 aliphatic heterocycles. The molecule has 0 unspecified atom stereocenters. The van der Waals surface area contributed by atoms with E-state index in [4.69, 9.17) is 0 Å². The Labute approximate surface area is 124 Å². The maximum atomic E-state index is 12.7. The summed E-state index contributed by atoms with van der Waals surface area (Å²) >= 11 is 1.56. The SMILES string of the molecule is CCN1CCC[C@H]1[C@@H]1CCCN1C(=O)c1csc(C)n1. The molecule has 0 N–H and O–H groups in total. The van der Waals surface area contributed by atoms with Crippen LogP contribution in [0.2, 0.25) is 0 Å². The molecule has 1 amide bonds. The number of aryl methyl sites for hydroxylation is 1. The average molecular weight is 293 g/mol. The van der Waals surface area contributed by atoms with Crippen LogP contribution in [0.3, 0.4) is 0 Å². The first-order chi connectivity index (χ1) is 9.70. The molecule has 0 aliphatic carbocycles. The van der Waals surface area contributed by atoms with Crippen molar-refractivity contribution in [3.63, 3.8) is 0 Å². The fourth-order valence-corrected chi connectivity index (χ4v) is 4.32. The van der Waals surface area contributed by atoms with Gasteiger partial charge in [0, 0.05) is 24.0 Å². The molecule has 2 atom stereocenters. The van der Waals surface area contributed by atoms with Gasteiger partial charge in [0.25, 0.3) is 5.91 Å². The van der Waals surface area contributed by atoms with Gasteiger partial charge < -0.3 is 4.90 Å². The smallest absolute Gasteiger partial charge is 0.273 e. The second-order valence-corrected chi connectivity index (χ2v) is 6.86. The van der Waals surface area contributed by atoms with E-state index < -0.39 is 0 Å². The third-order valence-corrected chi connectivity index (χ3v) is 5.44. The highest BCUT2D eigenvalue weighted by Gasteiger charge is 2.39. The van der Waals surface area contributed by atoms with Gasteiger partial charge in [-0.15, -0.1) is 11.3 Å². The average Bonchev–Trinajstić information content (AvgIpc) is 3.16. The Balaban J connectivity index is 1.77. The van der Waals surface area contributed by atoms with Crippen LogP contribution < -0.4 is 0 Å². The van der Waals surface area contributed by atoms with E-state index in [9.17, 15) is 4.79 Å². The first-order valence-corrected chi connectivity index (χ1v) is 8.56. The molecule has 3 rings (SSSR count). The first kappa shape index (κ1) is 14.0. The zero-order valence-electron chi connectivity index (χ0n) is 12.3. The van der Waals surface area contributed by atoms with Gasteiger partial charge in [-0.05, 0) is 45.7 Å². The van der Waals surface area contributed by atoms with Crippen molar-refractivity contribution in [1.29, 1.82) is 0 Å². The van der Waals surface area contributed by atoms with E-state index in [-0.39, 0.29) is 5.91 Å². The summed E-state index contributed by atoms with van der Waals surface area (Å²) in [5.41, 5.74) is 0.639. The fourth-order valence-electron chi connectivity index (χ4n) is 3.73. The number of hydrogen-bond donors (Lipinski definition) is 0. The molecule has 0 radical (unpaired) electrons. The van der Waals surface area contributed by atoms with Crippen molar-refractivity contribution in [2.24, 2.45) is 0 Å². The summed E-state index contributed by atoms with van der Waals surface area (Å²) in [6.07, 6.45) is 4.79. The third kappa shape index (κ3) is 2.49. The Bertz CT molecular complexity index is 487. The first-order valence-electron chi connectivity index (χ1n) is 7.68. The van der Waals surface area contributed by atoms with Crippen LogP contribution in [0.15, 0.2) is 5.38 Å². The Kier molecular flexibility index (Phi) is 4.08. The largest absolute Gasteiger partial charge is 0.333 e. The normalized spacial score (nSPS) is 27.4. The molecular formula is C15H23N3OS. The number of thiazole rings is 1. The maximum Gasteiger partial charge on any atom is 0.273 e. The summed E-state index contributed by atoms with van der Waals surface area (Å²) in [5, 5.41) is 2.87. The molecule has 4 nitrogen and oxygen atoms in total. The molecule has 2 aliphatic rings. The molecule has 20 heavy (non-hydrogen) atoms. The number of aromatic nitrogens is 1. The number of amides is 1. The van der Waals surface area contributed by atoms with Crippen LogP contribution in [-0.4, -0.2) is 52.4 Å². The van der Waals surface area contributed by atoms with Crippen LogP contribution in [0.1, 0.15) is 48.1 Å². The van der Waals surface area contributed by atoms with Crippen molar-refractivity contribution in [3.8, 4) is 0 Å². The summed E-state index contributed by atoms with van der Waals surface area (Å²) in [4.78, 5) is 21.7. The lowest BCUT2D eigenvalue weighted by molar-refractivity contribution is 0.0645. The molecule has 3 heterocycles. The highest BCUT2D eigenvalue weighted by atomic mass is 32.1. The molecule has 1 aromatic heterocycles. The Morgan fingerprint density at radius 3 is 2.80 bits per heavy atom. The van der Waals surface area contributed by atoms with Crippen molar-refractivity contribution in [3.05, 3.63) is 16.1 Å². The van der Waals surface area contributed by atoms with Crippen LogP contribution in [0.4, 0.5) is 0 Å². The number of hydrogen-bond acceptors (Lipinski definition) is 4. The van der Waals surface area contributed by atoms with Crippen LogP contribution >= 0.6 is 11.3 Å². The summed E-state index contributed by atoms with van der Waals surface area (Å²) in [5.74, 6) is 0.139. The van der Waals surface area contributed by atoms with E-state index in [1.54, 1.807) is 11.3 Å².